The highest BCUT2D eigenvalue weighted by Gasteiger charge is 2.25. The Hall–Kier alpha value is -2.45. The number of benzene rings is 2. The predicted molar refractivity (Wildman–Crippen MR) is 115 cm³/mol. The smallest absolute Gasteiger partial charge is 0.265 e. The molecule has 2 rings (SSSR count). The average Bonchev–Trinajstić information content (AvgIpc) is 2.60. The molecule has 0 unspecified atom stereocenters. The van der Waals surface area contributed by atoms with E-state index >= 15 is 0 Å². The third kappa shape index (κ3) is 4.76. The van der Waals surface area contributed by atoms with E-state index in [9.17, 15) is 21.6 Å². The Bertz CT molecular complexity index is 1170. The van der Waals surface area contributed by atoms with E-state index in [4.69, 9.17) is 5.73 Å². The van der Waals surface area contributed by atoms with Crippen LogP contribution in [0.25, 0.3) is 11.1 Å². The van der Waals surface area contributed by atoms with E-state index in [0.717, 1.165) is 6.26 Å². The zero-order chi connectivity index (χ0) is 22.1. The second-order valence-electron chi connectivity index (χ2n) is 7.54. The fourth-order valence-electron chi connectivity index (χ4n) is 3.33. The van der Waals surface area contributed by atoms with Crippen molar-refractivity contribution in [2.45, 2.75) is 44.4 Å². The number of primary amides is 1. The van der Waals surface area contributed by atoms with Crippen molar-refractivity contribution in [3.05, 3.63) is 53.1 Å². The maximum absolute atomic E-state index is 12.3. The number of sulfone groups is 1. The van der Waals surface area contributed by atoms with Gasteiger partial charge in [-0.3, -0.25) is 4.79 Å². The second kappa shape index (κ2) is 8.51. The van der Waals surface area contributed by atoms with E-state index in [1.807, 2.05) is 27.7 Å². The zero-order valence-corrected chi connectivity index (χ0v) is 18.7. The molecular weight excluding hydrogens is 410 g/mol. The van der Waals surface area contributed by atoms with Gasteiger partial charge < -0.3 is 5.73 Å². The highest BCUT2D eigenvalue weighted by Crippen LogP contribution is 2.36. The van der Waals surface area contributed by atoms with Crippen LogP contribution in [-0.4, -0.2) is 33.9 Å². The van der Waals surface area contributed by atoms with Crippen LogP contribution >= 0.6 is 0 Å². The molecule has 0 aromatic heterocycles. The van der Waals surface area contributed by atoms with Crippen molar-refractivity contribution >= 4 is 30.9 Å². The first-order chi connectivity index (χ1) is 13.4. The van der Waals surface area contributed by atoms with Gasteiger partial charge in [-0.2, -0.15) is 8.42 Å². The molecule has 6 nitrogen and oxygen atoms in total. The Kier molecular flexibility index (Phi) is 6.70. The summed E-state index contributed by atoms with van der Waals surface area (Å²) in [5, 5.41) is 0. The molecule has 1 amide bonds. The SMILES string of the molecule is CC(C)c1cc(-c2ccccc2S(C)(=O)=O)cc(C(C)C)c1C(C(N)=O)=S(=O)=O. The molecule has 29 heavy (non-hydrogen) atoms. The van der Waals surface area contributed by atoms with Crippen molar-refractivity contribution in [2.24, 2.45) is 5.73 Å². The van der Waals surface area contributed by atoms with Gasteiger partial charge in [0, 0.05) is 17.4 Å². The van der Waals surface area contributed by atoms with Crippen molar-refractivity contribution in [1.82, 2.24) is 0 Å². The number of hydrogen-bond acceptors (Lipinski definition) is 5. The summed E-state index contributed by atoms with van der Waals surface area (Å²) in [4.78, 5) is 11.7. The molecule has 2 N–H and O–H groups in total. The summed E-state index contributed by atoms with van der Waals surface area (Å²) in [5.74, 6) is -1.29. The van der Waals surface area contributed by atoms with Gasteiger partial charge in [0.15, 0.2) is 14.7 Å². The minimum absolute atomic E-state index is 0.134. The largest absolute Gasteiger partial charge is 0.365 e. The topological polar surface area (TPSA) is 111 Å². The molecule has 0 saturated heterocycles. The minimum Gasteiger partial charge on any atom is -0.365 e. The molecule has 0 aliphatic heterocycles. The molecule has 0 saturated carbocycles. The number of hydrogen-bond donors (Lipinski definition) is 1. The third-order valence-electron chi connectivity index (χ3n) is 4.66. The fraction of sp³-hybridized carbons (Fsp3) is 0.333. The average molecular weight is 436 g/mol. The first-order valence-electron chi connectivity index (χ1n) is 9.09. The monoisotopic (exact) mass is 435 g/mol. The standard InChI is InChI=1S/C21H25NO5S2/c1-12(2)16-10-14(15-8-6-7-9-18(15)29(5,26)27)11-17(13(3)4)19(16)20(21(22)23)28(24)25/h6-13H,1-5H3,(H2,22,23). The van der Waals surface area contributed by atoms with Crippen LogP contribution in [0, 0.1) is 0 Å². The highest BCUT2D eigenvalue weighted by atomic mass is 32.2. The van der Waals surface area contributed by atoms with Crippen LogP contribution in [0.4, 0.5) is 0 Å². The summed E-state index contributed by atoms with van der Waals surface area (Å²) >= 11 is 0. The lowest BCUT2D eigenvalue weighted by Crippen LogP contribution is -2.28. The quantitative estimate of drug-likeness (QED) is 0.554. The van der Waals surface area contributed by atoms with Crippen LogP contribution in [-0.2, 0) is 24.9 Å². The van der Waals surface area contributed by atoms with Gasteiger partial charge in [0.1, 0.15) is 0 Å². The first kappa shape index (κ1) is 22.8. The third-order valence-corrected chi connectivity index (χ3v) is 6.55. The summed E-state index contributed by atoms with van der Waals surface area (Å²) < 4.78 is 48.2. The summed E-state index contributed by atoms with van der Waals surface area (Å²) in [5.41, 5.74) is 8.09. The fourth-order valence-corrected chi connectivity index (χ4v) is 4.81. The molecule has 2 aromatic rings. The normalized spacial score (nSPS) is 11.7. The molecule has 0 bridgehead atoms. The van der Waals surface area contributed by atoms with Gasteiger partial charge in [-0.15, -0.1) is 0 Å². The van der Waals surface area contributed by atoms with Gasteiger partial charge >= 0.3 is 0 Å². The van der Waals surface area contributed by atoms with Crippen LogP contribution in [0.15, 0.2) is 41.3 Å². The van der Waals surface area contributed by atoms with E-state index in [-0.39, 0.29) is 16.7 Å². The number of nitrogens with two attached hydrogens (primary N) is 1. The van der Waals surface area contributed by atoms with E-state index in [1.54, 1.807) is 30.3 Å². The number of rotatable bonds is 6. The zero-order valence-electron chi connectivity index (χ0n) is 17.1. The Labute approximate surface area is 173 Å². The van der Waals surface area contributed by atoms with Gasteiger partial charge in [-0.25, -0.2) is 8.42 Å². The van der Waals surface area contributed by atoms with Gasteiger partial charge in [0.2, 0.25) is 10.3 Å². The molecule has 0 spiro atoms. The molecule has 0 atom stereocenters. The van der Waals surface area contributed by atoms with Crippen LogP contribution in [0.5, 0.6) is 0 Å². The molecule has 156 valence electrons. The summed E-state index contributed by atoms with van der Waals surface area (Å²) in [6, 6.07) is 10.1. The van der Waals surface area contributed by atoms with Crippen molar-refractivity contribution in [3.8, 4) is 11.1 Å². The second-order valence-corrected chi connectivity index (χ2v) is 10.4. The number of carbonyl (C=O) groups is 1. The number of amides is 1. The van der Waals surface area contributed by atoms with Crippen LogP contribution in [0.2, 0.25) is 0 Å². The lowest BCUT2D eigenvalue weighted by molar-refractivity contribution is -0.111. The van der Waals surface area contributed by atoms with Gasteiger partial charge in [0.25, 0.3) is 5.91 Å². The first-order valence-corrected chi connectivity index (χ1v) is 12.1. The van der Waals surface area contributed by atoms with Gasteiger partial charge in [-0.05, 0) is 34.6 Å². The van der Waals surface area contributed by atoms with Crippen molar-refractivity contribution in [1.29, 1.82) is 0 Å². The highest BCUT2D eigenvalue weighted by molar-refractivity contribution is 7.90. The lowest BCUT2D eigenvalue weighted by atomic mass is 9.84. The molecule has 0 fully saturated rings. The Balaban J connectivity index is 3.04. The van der Waals surface area contributed by atoms with E-state index in [1.165, 1.54) is 6.07 Å². The summed E-state index contributed by atoms with van der Waals surface area (Å²) in [7, 11) is -6.29. The maximum atomic E-state index is 12.3. The molecule has 0 aliphatic rings. The van der Waals surface area contributed by atoms with Gasteiger partial charge in [0.05, 0.1) is 4.90 Å². The molecular formula is C21H25NO5S2. The van der Waals surface area contributed by atoms with E-state index in [0.29, 0.717) is 27.8 Å². The molecule has 8 heteroatoms. The Morgan fingerprint density at radius 1 is 0.966 bits per heavy atom. The van der Waals surface area contributed by atoms with Crippen molar-refractivity contribution in [3.63, 3.8) is 0 Å². The van der Waals surface area contributed by atoms with E-state index < -0.39 is 30.9 Å². The van der Waals surface area contributed by atoms with Crippen LogP contribution in [0.1, 0.15) is 56.2 Å². The van der Waals surface area contributed by atoms with E-state index in [2.05, 4.69) is 0 Å². The van der Waals surface area contributed by atoms with Crippen LogP contribution < -0.4 is 5.73 Å². The number of carbonyl (C=O) groups excluding carboxylic acids is 1. The molecule has 0 radical (unpaired) electrons. The van der Waals surface area contributed by atoms with Crippen LogP contribution in [0.3, 0.4) is 0 Å². The summed E-state index contributed by atoms with van der Waals surface area (Å²) in [6.07, 6.45) is 1.15. The molecule has 0 aliphatic carbocycles. The Morgan fingerprint density at radius 2 is 1.45 bits per heavy atom. The molecule has 0 heterocycles. The predicted octanol–water partition coefficient (Wildman–Crippen LogP) is 2.89. The van der Waals surface area contributed by atoms with Crippen molar-refractivity contribution < 1.29 is 21.6 Å². The lowest BCUT2D eigenvalue weighted by Gasteiger charge is -2.22. The van der Waals surface area contributed by atoms with Gasteiger partial charge in [-0.1, -0.05) is 58.0 Å². The minimum atomic E-state index is -3.48. The van der Waals surface area contributed by atoms with Crippen molar-refractivity contribution in [2.75, 3.05) is 6.26 Å². The summed E-state index contributed by atoms with van der Waals surface area (Å²) in [6.45, 7) is 7.51. The maximum Gasteiger partial charge on any atom is 0.265 e. The molecule has 2 aromatic carbocycles. The Morgan fingerprint density at radius 3 is 1.83 bits per heavy atom.